The standard InChI is InChI=1S/C22H26N2O3/c1-3-15(2)20(24-13-17-11-7-8-12-18(17)22(24)27)21(26)23-19(14-25)16-9-5-4-6-10-16/h4-12,15,19-20,25H,3,13-14H2,1-2H3,(H,23,26)/t15-,19-,20+/m1/s1. The van der Waals surface area contributed by atoms with Crippen molar-refractivity contribution >= 4 is 11.8 Å². The highest BCUT2D eigenvalue weighted by Gasteiger charge is 2.39. The average molecular weight is 366 g/mol. The van der Waals surface area contributed by atoms with Gasteiger partial charge in [-0.1, -0.05) is 68.8 Å². The normalized spacial score (nSPS) is 16.6. The van der Waals surface area contributed by atoms with Crippen LogP contribution in [0.4, 0.5) is 0 Å². The van der Waals surface area contributed by atoms with Crippen molar-refractivity contribution in [1.29, 1.82) is 0 Å². The maximum absolute atomic E-state index is 13.2. The second-order valence-corrected chi connectivity index (χ2v) is 7.08. The summed E-state index contributed by atoms with van der Waals surface area (Å²) in [5.74, 6) is -0.335. The molecule has 0 spiro atoms. The van der Waals surface area contributed by atoms with Crippen molar-refractivity contribution in [3.8, 4) is 0 Å². The van der Waals surface area contributed by atoms with Gasteiger partial charge in [0.2, 0.25) is 5.91 Å². The lowest BCUT2D eigenvalue weighted by molar-refractivity contribution is -0.128. The molecule has 3 rings (SSSR count). The summed E-state index contributed by atoms with van der Waals surface area (Å²) in [5, 5.41) is 12.7. The van der Waals surface area contributed by atoms with Gasteiger partial charge in [-0.3, -0.25) is 9.59 Å². The molecule has 27 heavy (non-hydrogen) atoms. The molecule has 142 valence electrons. The zero-order chi connectivity index (χ0) is 19.4. The predicted molar refractivity (Wildman–Crippen MR) is 104 cm³/mol. The maximum Gasteiger partial charge on any atom is 0.255 e. The molecule has 0 bridgehead atoms. The second-order valence-electron chi connectivity index (χ2n) is 7.08. The number of amides is 2. The first kappa shape index (κ1) is 19.1. The summed E-state index contributed by atoms with van der Waals surface area (Å²) in [7, 11) is 0. The Morgan fingerprint density at radius 3 is 2.44 bits per heavy atom. The van der Waals surface area contributed by atoms with Gasteiger partial charge < -0.3 is 15.3 Å². The number of aliphatic hydroxyl groups excluding tert-OH is 1. The van der Waals surface area contributed by atoms with Crippen LogP contribution >= 0.6 is 0 Å². The van der Waals surface area contributed by atoms with Crippen molar-refractivity contribution in [3.05, 3.63) is 71.3 Å². The zero-order valence-electron chi connectivity index (χ0n) is 15.8. The molecule has 0 unspecified atom stereocenters. The highest BCUT2D eigenvalue weighted by atomic mass is 16.3. The number of rotatable bonds is 7. The highest BCUT2D eigenvalue weighted by Crippen LogP contribution is 2.28. The number of nitrogens with zero attached hydrogens (tertiary/aromatic N) is 1. The number of nitrogens with one attached hydrogen (secondary N) is 1. The molecule has 2 aromatic carbocycles. The number of hydrogen-bond acceptors (Lipinski definition) is 3. The molecule has 2 N–H and O–H groups in total. The first-order valence-electron chi connectivity index (χ1n) is 9.41. The fraction of sp³-hybridized carbons (Fsp3) is 0.364. The van der Waals surface area contributed by atoms with Crippen LogP contribution in [0.1, 0.15) is 47.8 Å². The van der Waals surface area contributed by atoms with Crippen molar-refractivity contribution in [2.45, 2.75) is 38.9 Å². The zero-order valence-corrected chi connectivity index (χ0v) is 15.8. The van der Waals surface area contributed by atoms with Crippen LogP contribution in [0, 0.1) is 5.92 Å². The molecule has 3 atom stereocenters. The monoisotopic (exact) mass is 366 g/mol. The molecular weight excluding hydrogens is 340 g/mol. The molecule has 1 heterocycles. The first-order valence-corrected chi connectivity index (χ1v) is 9.41. The van der Waals surface area contributed by atoms with Gasteiger partial charge in [0.15, 0.2) is 0 Å². The lowest BCUT2D eigenvalue weighted by atomic mass is 9.96. The molecule has 0 fully saturated rings. The number of aliphatic hydroxyl groups is 1. The fourth-order valence-corrected chi connectivity index (χ4v) is 3.61. The summed E-state index contributed by atoms with van der Waals surface area (Å²) in [6.45, 7) is 4.24. The Morgan fingerprint density at radius 2 is 1.81 bits per heavy atom. The van der Waals surface area contributed by atoms with Gasteiger partial charge in [-0.15, -0.1) is 0 Å². The third kappa shape index (κ3) is 3.88. The summed E-state index contributed by atoms with van der Waals surface area (Å²) in [6.07, 6.45) is 0.771. The van der Waals surface area contributed by atoms with Crippen molar-refractivity contribution in [2.24, 2.45) is 5.92 Å². The Balaban J connectivity index is 1.83. The first-order chi connectivity index (χ1) is 13.1. The van der Waals surface area contributed by atoms with E-state index in [1.165, 1.54) is 0 Å². The second kappa shape index (κ2) is 8.35. The number of carbonyl (C=O) groups is 2. The van der Waals surface area contributed by atoms with Gasteiger partial charge in [-0.05, 0) is 23.1 Å². The van der Waals surface area contributed by atoms with Crippen molar-refractivity contribution in [1.82, 2.24) is 10.2 Å². The van der Waals surface area contributed by atoms with Gasteiger partial charge in [0.25, 0.3) is 5.91 Å². The predicted octanol–water partition coefficient (Wildman–Crippen LogP) is 2.91. The van der Waals surface area contributed by atoms with E-state index in [9.17, 15) is 14.7 Å². The number of benzene rings is 2. The van der Waals surface area contributed by atoms with Crippen LogP contribution in [-0.2, 0) is 11.3 Å². The third-order valence-electron chi connectivity index (χ3n) is 5.34. The minimum atomic E-state index is -0.576. The summed E-state index contributed by atoms with van der Waals surface area (Å²) < 4.78 is 0. The molecular formula is C22H26N2O3. The lowest BCUT2D eigenvalue weighted by Crippen LogP contribution is -2.51. The number of fused-ring (bicyclic) bond motifs is 1. The molecule has 0 radical (unpaired) electrons. The Hall–Kier alpha value is -2.66. The topological polar surface area (TPSA) is 69.6 Å². The Kier molecular flexibility index (Phi) is 5.91. The lowest BCUT2D eigenvalue weighted by Gasteiger charge is -2.32. The quantitative estimate of drug-likeness (QED) is 0.792. The van der Waals surface area contributed by atoms with Crippen LogP contribution in [0.5, 0.6) is 0 Å². The van der Waals surface area contributed by atoms with Crippen molar-refractivity contribution < 1.29 is 14.7 Å². The Labute approximate surface area is 160 Å². The van der Waals surface area contributed by atoms with Gasteiger partial charge in [0.05, 0.1) is 12.6 Å². The number of hydrogen-bond donors (Lipinski definition) is 2. The van der Waals surface area contributed by atoms with E-state index in [1.807, 2.05) is 68.4 Å². The van der Waals surface area contributed by atoms with E-state index in [-0.39, 0.29) is 24.3 Å². The smallest absolute Gasteiger partial charge is 0.255 e. The molecule has 2 amide bonds. The van der Waals surface area contributed by atoms with E-state index in [4.69, 9.17) is 0 Å². The van der Waals surface area contributed by atoms with Gasteiger partial charge in [-0.25, -0.2) is 0 Å². The maximum atomic E-state index is 13.2. The SMILES string of the molecule is CC[C@@H](C)[C@@H](C(=O)N[C@H](CO)c1ccccc1)N1Cc2ccccc2C1=O. The molecule has 0 saturated heterocycles. The van der Waals surface area contributed by atoms with Crippen LogP contribution < -0.4 is 5.32 Å². The van der Waals surface area contributed by atoms with Crippen LogP contribution in [0.25, 0.3) is 0 Å². The van der Waals surface area contributed by atoms with E-state index in [0.29, 0.717) is 12.1 Å². The number of carbonyl (C=O) groups excluding carboxylic acids is 2. The summed E-state index contributed by atoms with van der Waals surface area (Å²) in [5.41, 5.74) is 2.46. The summed E-state index contributed by atoms with van der Waals surface area (Å²) in [4.78, 5) is 27.7. The minimum Gasteiger partial charge on any atom is -0.394 e. The largest absolute Gasteiger partial charge is 0.394 e. The minimum absolute atomic E-state index is 0.00150. The van der Waals surface area contributed by atoms with Gasteiger partial charge in [-0.2, -0.15) is 0 Å². The Bertz CT molecular complexity index is 806. The van der Waals surface area contributed by atoms with E-state index in [1.54, 1.807) is 4.90 Å². The molecule has 2 aromatic rings. The summed E-state index contributed by atoms with van der Waals surface area (Å²) >= 11 is 0. The van der Waals surface area contributed by atoms with Crippen LogP contribution in [0.3, 0.4) is 0 Å². The fourth-order valence-electron chi connectivity index (χ4n) is 3.61. The highest BCUT2D eigenvalue weighted by molar-refractivity contribution is 6.01. The van der Waals surface area contributed by atoms with E-state index >= 15 is 0 Å². The van der Waals surface area contributed by atoms with Crippen LogP contribution in [-0.4, -0.2) is 34.5 Å². The molecule has 1 aliphatic rings. The summed E-state index contributed by atoms with van der Waals surface area (Å²) in [6, 6.07) is 15.8. The molecule has 1 aliphatic heterocycles. The van der Waals surface area contributed by atoms with Gasteiger partial charge in [0, 0.05) is 12.1 Å². The molecule has 0 saturated carbocycles. The average Bonchev–Trinajstić information content (AvgIpc) is 3.03. The van der Waals surface area contributed by atoms with Gasteiger partial charge in [0.1, 0.15) is 6.04 Å². The van der Waals surface area contributed by atoms with Crippen LogP contribution in [0.2, 0.25) is 0 Å². The van der Waals surface area contributed by atoms with Crippen molar-refractivity contribution in [2.75, 3.05) is 6.61 Å². The molecule has 5 nitrogen and oxygen atoms in total. The van der Waals surface area contributed by atoms with Crippen LogP contribution in [0.15, 0.2) is 54.6 Å². The third-order valence-corrected chi connectivity index (χ3v) is 5.34. The van der Waals surface area contributed by atoms with E-state index < -0.39 is 12.1 Å². The molecule has 0 aliphatic carbocycles. The van der Waals surface area contributed by atoms with Crippen molar-refractivity contribution in [3.63, 3.8) is 0 Å². The molecule has 0 aromatic heterocycles. The Morgan fingerprint density at radius 1 is 1.15 bits per heavy atom. The van der Waals surface area contributed by atoms with Gasteiger partial charge >= 0.3 is 0 Å². The van der Waals surface area contributed by atoms with E-state index in [0.717, 1.165) is 17.5 Å². The van der Waals surface area contributed by atoms with E-state index in [2.05, 4.69) is 5.32 Å². The molecule has 5 heteroatoms.